The second kappa shape index (κ2) is 5.73. The highest BCUT2D eigenvalue weighted by molar-refractivity contribution is 5.51. The minimum atomic E-state index is -0.278. The van der Waals surface area contributed by atoms with Crippen molar-refractivity contribution < 1.29 is 8.81 Å². The zero-order valence-corrected chi connectivity index (χ0v) is 10.5. The Hall–Kier alpha value is -1.75. The first-order valence-corrected chi connectivity index (χ1v) is 5.97. The predicted molar refractivity (Wildman–Crippen MR) is 66.5 cm³/mol. The molecule has 0 aliphatic carbocycles. The Morgan fingerprint density at radius 3 is 2.61 bits per heavy atom. The van der Waals surface area contributed by atoms with Gasteiger partial charge >= 0.3 is 0 Å². The Kier molecular flexibility index (Phi) is 4.04. The molecule has 5 heteroatoms. The maximum Gasteiger partial charge on any atom is 0.247 e. The Labute approximate surface area is 105 Å². The van der Waals surface area contributed by atoms with Crippen molar-refractivity contribution in [2.45, 2.75) is 26.3 Å². The summed E-state index contributed by atoms with van der Waals surface area (Å²) in [6.07, 6.45) is 0.687. The summed E-state index contributed by atoms with van der Waals surface area (Å²) in [6, 6.07) is 6.43. The first-order chi connectivity index (χ1) is 8.65. The zero-order valence-electron chi connectivity index (χ0n) is 10.5. The first-order valence-electron chi connectivity index (χ1n) is 5.97. The molecule has 18 heavy (non-hydrogen) atoms. The van der Waals surface area contributed by atoms with Crippen molar-refractivity contribution >= 4 is 0 Å². The third-order valence-corrected chi connectivity index (χ3v) is 2.45. The van der Waals surface area contributed by atoms with Gasteiger partial charge in [-0.15, -0.1) is 10.2 Å². The lowest BCUT2D eigenvalue weighted by atomic mass is 10.2. The van der Waals surface area contributed by atoms with E-state index in [1.54, 1.807) is 12.1 Å². The Morgan fingerprint density at radius 2 is 1.94 bits per heavy atom. The van der Waals surface area contributed by atoms with E-state index in [0.29, 0.717) is 24.2 Å². The molecule has 0 aliphatic rings. The maximum absolute atomic E-state index is 12.8. The van der Waals surface area contributed by atoms with Gasteiger partial charge in [0.2, 0.25) is 11.8 Å². The quantitative estimate of drug-likeness (QED) is 0.884. The summed E-state index contributed by atoms with van der Waals surface area (Å²) in [5, 5.41) is 11.2. The number of rotatable bonds is 5. The van der Waals surface area contributed by atoms with Gasteiger partial charge in [-0.2, -0.15) is 0 Å². The van der Waals surface area contributed by atoms with Gasteiger partial charge in [-0.1, -0.05) is 13.8 Å². The van der Waals surface area contributed by atoms with Gasteiger partial charge in [-0.25, -0.2) is 4.39 Å². The molecule has 96 valence electrons. The molecular weight excluding hydrogens is 233 g/mol. The average molecular weight is 249 g/mol. The van der Waals surface area contributed by atoms with Crippen molar-refractivity contribution in [3.63, 3.8) is 0 Å². The van der Waals surface area contributed by atoms with Gasteiger partial charge in [0.15, 0.2) is 0 Å². The van der Waals surface area contributed by atoms with E-state index in [1.807, 2.05) is 0 Å². The normalized spacial score (nSPS) is 11.1. The second-order valence-electron chi connectivity index (χ2n) is 4.37. The summed E-state index contributed by atoms with van der Waals surface area (Å²) in [7, 11) is 0. The highest BCUT2D eigenvalue weighted by Gasteiger charge is 2.08. The third kappa shape index (κ3) is 3.37. The fourth-order valence-corrected chi connectivity index (χ4v) is 1.53. The second-order valence-corrected chi connectivity index (χ2v) is 4.37. The van der Waals surface area contributed by atoms with E-state index < -0.39 is 0 Å². The summed E-state index contributed by atoms with van der Waals surface area (Å²) >= 11 is 0. The molecule has 0 amide bonds. The number of halogens is 1. The van der Waals surface area contributed by atoms with Crippen LogP contribution in [0.4, 0.5) is 4.39 Å². The predicted octanol–water partition coefficient (Wildman–Crippen LogP) is 2.42. The molecule has 1 aromatic carbocycles. The number of nitrogens with one attached hydrogen (secondary N) is 1. The maximum atomic E-state index is 12.8. The van der Waals surface area contributed by atoms with Crippen LogP contribution in [0.1, 0.15) is 19.7 Å². The van der Waals surface area contributed by atoms with E-state index in [2.05, 4.69) is 29.4 Å². The smallest absolute Gasteiger partial charge is 0.247 e. The lowest BCUT2D eigenvalue weighted by Gasteiger charge is -2.04. The van der Waals surface area contributed by atoms with E-state index >= 15 is 0 Å². The highest BCUT2D eigenvalue weighted by atomic mass is 19.1. The molecule has 0 unspecified atom stereocenters. The lowest BCUT2D eigenvalue weighted by molar-refractivity contribution is 0.484. The van der Waals surface area contributed by atoms with Crippen LogP contribution in [-0.4, -0.2) is 22.8 Å². The Bertz CT molecular complexity index is 493. The van der Waals surface area contributed by atoms with Crippen LogP contribution in [-0.2, 0) is 6.42 Å². The first kappa shape index (κ1) is 12.7. The molecule has 0 saturated heterocycles. The summed E-state index contributed by atoms with van der Waals surface area (Å²) in [5.74, 6) is 0.733. The minimum absolute atomic E-state index is 0.278. The fraction of sp³-hybridized carbons (Fsp3) is 0.385. The van der Waals surface area contributed by atoms with Crippen LogP contribution in [0.25, 0.3) is 11.5 Å². The molecule has 0 radical (unpaired) electrons. The fourth-order valence-electron chi connectivity index (χ4n) is 1.53. The highest BCUT2D eigenvalue weighted by Crippen LogP contribution is 2.17. The molecule has 0 bridgehead atoms. The Morgan fingerprint density at radius 1 is 1.22 bits per heavy atom. The van der Waals surface area contributed by atoms with Gasteiger partial charge in [0, 0.05) is 24.6 Å². The van der Waals surface area contributed by atoms with E-state index in [1.165, 1.54) is 12.1 Å². The number of aromatic nitrogens is 2. The lowest BCUT2D eigenvalue weighted by Crippen LogP contribution is -2.25. The molecule has 2 aromatic rings. The zero-order chi connectivity index (χ0) is 13.0. The SMILES string of the molecule is CC(C)NCCc1nnc(-c2ccc(F)cc2)o1. The van der Waals surface area contributed by atoms with Crippen LogP contribution in [0.2, 0.25) is 0 Å². The molecule has 1 aromatic heterocycles. The van der Waals surface area contributed by atoms with Crippen LogP contribution in [0.3, 0.4) is 0 Å². The van der Waals surface area contributed by atoms with E-state index in [0.717, 1.165) is 12.1 Å². The van der Waals surface area contributed by atoms with Gasteiger partial charge in [-0.05, 0) is 24.3 Å². The van der Waals surface area contributed by atoms with E-state index in [-0.39, 0.29) is 5.82 Å². The topological polar surface area (TPSA) is 51.0 Å². The standard InChI is InChI=1S/C13H16FN3O/c1-9(2)15-8-7-12-16-17-13(18-12)10-3-5-11(14)6-4-10/h3-6,9,15H,7-8H2,1-2H3. The monoisotopic (exact) mass is 249 g/mol. The van der Waals surface area contributed by atoms with Crippen LogP contribution < -0.4 is 5.32 Å². The molecule has 0 saturated carbocycles. The molecule has 1 N–H and O–H groups in total. The summed E-state index contributed by atoms with van der Waals surface area (Å²) in [5.41, 5.74) is 0.729. The van der Waals surface area contributed by atoms with Crippen LogP contribution in [0, 0.1) is 5.82 Å². The van der Waals surface area contributed by atoms with Gasteiger partial charge in [-0.3, -0.25) is 0 Å². The number of benzene rings is 1. The Balaban J connectivity index is 1.99. The molecule has 0 fully saturated rings. The van der Waals surface area contributed by atoms with Crippen LogP contribution >= 0.6 is 0 Å². The van der Waals surface area contributed by atoms with Crippen molar-refractivity contribution in [1.82, 2.24) is 15.5 Å². The van der Waals surface area contributed by atoms with Crippen molar-refractivity contribution in [3.05, 3.63) is 36.0 Å². The van der Waals surface area contributed by atoms with Crippen LogP contribution in [0.5, 0.6) is 0 Å². The summed E-state index contributed by atoms with van der Waals surface area (Å²) < 4.78 is 18.3. The summed E-state index contributed by atoms with van der Waals surface area (Å²) in [6.45, 7) is 4.96. The van der Waals surface area contributed by atoms with Crippen molar-refractivity contribution in [2.24, 2.45) is 0 Å². The molecular formula is C13H16FN3O. The molecule has 0 atom stereocenters. The van der Waals surface area contributed by atoms with Gasteiger partial charge in [0.05, 0.1) is 0 Å². The molecule has 1 heterocycles. The van der Waals surface area contributed by atoms with E-state index in [4.69, 9.17) is 4.42 Å². The largest absolute Gasteiger partial charge is 0.421 e. The number of hydrogen-bond donors (Lipinski definition) is 1. The number of nitrogens with zero attached hydrogens (tertiary/aromatic N) is 2. The summed E-state index contributed by atoms with van der Waals surface area (Å²) in [4.78, 5) is 0. The van der Waals surface area contributed by atoms with E-state index in [9.17, 15) is 4.39 Å². The molecule has 0 spiro atoms. The molecule has 2 rings (SSSR count). The van der Waals surface area contributed by atoms with Crippen molar-refractivity contribution in [2.75, 3.05) is 6.54 Å². The minimum Gasteiger partial charge on any atom is -0.421 e. The van der Waals surface area contributed by atoms with Gasteiger partial charge in [0.1, 0.15) is 5.82 Å². The van der Waals surface area contributed by atoms with Crippen LogP contribution in [0.15, 0.2) is 28.7 Å². The number of hydrogen-bond acceptors (Lipinski definition) is 4. The van der Waals surface area contributed by atoms with Crippen molar-refractivity contribution in [1.29, 1.82) is 0 Å². The average Bonchev–Trinajstić information content (AvgIpc) is 2.78. The van der Waals surface area contributed by atoms with Gasteiger partial charge < -0.3 is 9.73 Å². The van der Waals surface area contributed by atoms with Crippen molar-refractivity contribution in [3.8, 4) is 11.5 Å². The van der Waals surface area contributed by atoms with Gasteiger partial charge in [0.25, 0.3) is 0 Å². The third-order valence-electron chi connectivity index (χ3n) is 2.45. The molecule has 0 aliphatic heterocycles. The molecule has 4 nitrogen and oxygen atoms in total.